The quantitative estimate of drug-likeness (QED) is 0.582. The summed E-state index contributed by atoms with van der Waals surface area (Å²) in [6.07, 6.45) is 0.853. The maximum atomic E-state index is 10.4. The molecule has 5 heteroatoms. The Hall–Kier alpha value is -2.37. The lowest BCUT2D eigenvalue weighted by Crippen LogP contribution is -2.25. The number of carboxylic acid groups (broad SMARTS) is 1. The van der Waals surface area contributed by atoms with E-state index in [1.165, 1.54) is 0 Å². The number of rotatable bonds is 10. The van der Waals surface area contributed by atoms with Crippen LogP contribution in [0.2, 0.25) is 0 Å². The highest BCUT2D eigenvalue weighted by molar-refractivity contribution is 5.68. The summed E-state index contributed by atoms with van der Waals surface area (Å²) in [4.78, 5) is 10.4. The Labute approximate surface area is 141 Å². The third kappa shape index (κ3) is 6.02. The lowest BCUT2D eigenvalue weighted by Gasteiger charge is -2.15. The van der Waals surface area contributed by atoms with E-state index in [4.69, 9.17) is 9.84 Å². The van der Waals surface area contributed by atoms with Crippen molar-refractivity contribution in [2.45, 2.75) is 12.3 Å². The van der Waals surface area contributed by atoms with Crippen molar-refractivity contribution in [2.75, 3.05) is 26.3 Å². The molecule has 0 radical (unpaired) electrons. The van der Waals surface area contributed by atoms with E-state index in [0.717, 1.165) is 30.6 Å². The summed E-state index contributed by atoms with van der Waals surface area (Å²) in [5.74, 6) is -0.336. The van der Waals surface area contributed by atoms with E-state index in [-0.39, 0.29) is 19.1 Å². The summed E-state index contributed by atoms with van der Waals surface area (Å²) in [5.41, 5.74) is 2.28. The Morgan fingerprint density at radius 1 is 1.08 bits per heavy atom. The van der Waals surface area contributed by atoms with Gasteiger partial charge in [0.05, 0.1) is 6.61 Å². The minimum atomic E-state index is -0.986. The van der Waals surface area contributed by atoms with E-state index in [2.05, 4.69) is 5.32 Å². The molecule has 24 heavy (non-hydrogen) atoms. The summed E-state index contributed by atoms with van der Waals surface area (Å²) in [6.45, 7) is 1.31. The molecule has 0 saturated heterocycles. The van der Waals surface area contributed by atoms with Gasteiger partial charge in [-0.05, 0) is 36.2 Å². The van der Waals surface area contributed by atoms with Gasteiger partial charge in [-0.3, -0.25) is 0 Å². The zero-order valence-corrected chi connectivity index (χ0v) is 13.5. The van der Waals surface area contributed by atoms with Gasteiger partial charge in [-0.15, -0.1) is 0 Å². The zero-order chi connectivity index (χ0) is 17.2. The fraction of sp³-hybridized carbons (Fsp3) is 0.316. The molecule has 1 atom stereocenters. The molecule has 0 saturated carbocycles. The number of nitrogens with one attached hydrogen (secondary N) is 1. The van der Waals surface area contributed by atoms with Crippen LogP contribution < -0.4 is 10.1 Å². The largest absolute Gasteiger partial charge is 0.482 e. The van der Waals surface area contributed by atoms with Crippen LogP contribution in [-0.4, -0.2) is 42.5 Å². The van der Waals surface area contributed by atoms with Crippen LogP contribution in [-0.2, 0) is 11.2 Å². The van der Waals surface area contributed by atoms with E-state index < -0.39 is 5.97 Å². The summed E-state index contributed by atoms with van der Waals surface area (Å²) in [6, 6.07) is 17.4. The van der Waals surface area contributed by atoms with Crippen molar-refractivity contribution < 1.29 is 19.7 Å². The zero-order valence-electron chi connectivity index (χ0n) is 13.5. The van der Waals surface area contributed by atoms with Gasteiger partial charge in [-0.2, -0.15) is 0 Å². The summed E-state index contributed by atoms with van der Waals surface area (Å²) in [7, 11) is 0. The maximum Gasteiger partial charge on any atom is 0.341 e. The maximum absolute atomic E-state index is 10.4. The number of ether oxygens (including phenoxy) is 1. The Morgan fingerprint density at radius 3 is 2.42 bits per heavy atom. The highest BCUT2D eigenvalue weighted by atomic mass is 16.5. The summed E-state index contributed by atoms with van der Waals surface area (Å²) < 4.78 is 5.10. The summed E-state index contributed by atoms with van der Waals surface area (Å²) in [5, 5.41) is 21.5. The lowest BCUT2D eigenvalue weighted by molar-refractivity contribution is -0.139. The fourth-order valence-electron chi connectivity index (χ4n) is 2.42. The van der Waals surface area contributed by atoms with Gasteiger partial charge in [0, 0.05) is 12.5 Å². The number of hydrogen-bond donors (Lipinski definition) is 3. The molecular formula is C19H23NO4. The Balaban J connectivity index is 1.72. The van der Waals surface area contributed by atoms with Crippen LogP contribution in [0.5, 0.6) is 5.75 Å². The van der Waals surface area contributed by atoms with E-state index in [0.29, 0.717) is 5.75 Å². The van der Waals surface area contributed by atoms with Crippen LogP contribution in [0.1, 0.15) is 17.0 Å². The van der Waals surface area contributed by atoms with Gasteiger partial charge < -0.3 is 20.3 Å². The monoisotopic (exact) mass is 329 g/mol. The molecule has 0 spiro atoms. The van der Waals surface area contributed by atoms with Crippen LogP contribution in [0.25, 0.3) is 0 Å². The van der Waals surface area contributed by atoms with E-state index in [1.807, 2.05) is 42.5 Å². The van der Waals surface area contributed by atoms with Crippen molar-refractivity contribution >= 4 is 5.97 Å². The number of carbonyl (C=O) groups is 1. The number of hydrogen-bond acceptors (Lipinski definition) is 4. The number of carboxylic acids is 1. The molecule has 0 aliphatic rings. The molecule has 0 fully saturated rings. The second kappa shape index (κ2) is 9.70. The molecule has 0 aliphatic heterocycles. The molecule has 2 rings (SSSR count). The fourth-order valence-corrected chi connectivity index (χ4v) is 2.42. The minimum Gasteiger partial charge on any atom is -0.482 e. The van der Waals surface area contributed by atoms with E-state index in [1.54, 1.807) is 12.1 Å². The molecule has 0 amide bonds. The number of aliphatic hydroxyl groups is 1. The second-order valence-electron chi connectivity index (χ2n) is 5.57. The normalized spacial score (nSPS) is 11.9. The highest BCUT2D eigenvalue weighted by Gasteiger charge is 2.09. The molecule has 128 valence electrons. The molecule has 3 N–H and O–H groups in total. The first-order valence-corrected chi connectivity index (χ1v) is 7.99. The van der Waals surface area contributed by atoms with Crippen molar-refractivity contribution in [2.24, 2.45) is 0 Å². The van der Waals surface area contributed by atoms with Crippen molar-refractivity contribution in [1.82, 2.24) is 5.32 Å². The van der Waals surface area contributed by atoms with Gasteiger partial charge in [0.1, 0.15) is 5.75 Å². The van der Waals surface area contributed by atoms with E-state index in [9.17, 15) is 9.90 Å². The number of aliphatic hydroxyl groups excluding tert-OH is 1. The molecule has 1 unspecified atom stereocenters. The van der Waals surface area contributed by atoms with Gasteiger partial charge in [0.25, 0.3) is 0 Å². The number of benzene rings is 2. The molecule has 5 nitrogen and oxygen atoms in total. The average molecular weight is 329 g/mol. The van der Waals surface area contributed by atoms with Crippen LogP contribution in [0, 0.1) is 0 Å². The Kier molecular flexibility index (Phi) is 7.26. The van der Waals surface area contributed by atoms with Gasteiger partial charge >= 0.3 is 5.97 Å². The molecule has 2 aromatic rings. The summed E-state index contributed by atoms with van der Waals surface area (Å²) >= 11 is 0. The van der Waals surface area contributed by atoms with Crippen molar-refractivity contribution in [3.8, 4) is 5.75 Å². The smallest absolute Gasteiger partial charge is 0.341 e. The molecule has 2 aromatic carbocycles. The highest BCUT2D eigenvalue weighted by Crippen LogP contribution is 2.14. The van der Waals surface area contributed by atoms with Gasteiger partial charge in [-0.25, -0.2) is 4.79 Å². The van der Waals surface area contributed by atoms with Gasteiger partial charge in [0.2, 0.25) is 0 Å². The molecule has 0 aliphatic carbocycles. The predicted molar refractivity (Wildman–Crippen MR) is 92.4 cm³/mol. The third-order valence-corrected chi connectivity index (χ3v) is 3.76. The van der Waals surface area contributed by atoms with Crippen molar-refractivity contribution in [3.05, 3.63) is 65.7 Å². The molecular weight excluding hydrogens is 306 g/mol. The standard InChI is InChI=1S/C19H23NO4/c21-13-17(16-4-2-1-3-5-16)12-20-11-10-15-6-8-18(9-7-15)24-14-19(22)23/h1-9,17,20-21H,10-14H2,(H,22,23). The lowest BCUT2D eigenvalue weighted by atomic mass is 10.00. The minimum absolute atomic E-state index is 0.0954. The Morgan fingerprint density at radius 2 is 1.79 bits per heavy atom. The van der Waals surface area contributed by atoms with Crippen LogP contribution in [0.15, 0.2) is 54.6 Å². The predicted octanol–water partition coefficient (Wildman–Crippen LogP) is 2.06. The molecule has 0 bridgehead atoms. The first-order chi connectivity index (χ1) is 11.7. The van der Waals surface area contributed by atoms with Crippen LogP contribution in [0.3, 0.4) is 0 Å². The third-order valence-electron chi connectivity index (χ3n) is 3.76. The number of aliphatic carboxylic acids is 1. The molecule has 0 aromatic heterocycles. The van der Waals surface area contributed by atoms with Crippen LogP contribution >= 0.6 is 0 Å². The van der Waals surface area contributed by atoms with Gasteiger partial charge in [0.15, 0.2) is 6.61 Å². The average Bonchev–Trinajstić information content (AvgIpc) is 2.62. The Bertz CT molecular complexity index is 613. The second-order valence-corrected chi connectivity index (χ2v) is 5.57. The van der Waals surface area contributed by atoms with E-state index >= 15 is 0 Å². The first kappa shape index (κ1) is 18.0. The van der Waals surface area contributed by atoms with Gasteiger partial charge in [-0.1, -0.05) is 42.5 Å². The molecule has 0 heterocycles. The van der Waals surface area contributed by atoms with Crippen molar-refractivity contribution in [1.29, 1.82) is 0 Å². The van der Waals surface area contributed by atoms with Crippen LogP contribution in [0.4, 0.5) is 0 Å². The first-order valence-electron chi connectivity index (χ1n) is 7.99. The topological polar surface area (TPSA) is 78.8 Å². The van der Waals surface area contributed by atoms with Crippen molar-refractivity contribution in [3.63, 3.8) is 0 Å². The SMILES string of the molecule is O=C(O)COc1ccc(CCNCC(CO)c2ccccc2)cc1.